The summed E-state index contributed by atoms with van der Waals surface area (Å²) in [5.41, 5.74) is 18.2. The molecule has 0 bridgehead atoms. The summed E-state index contributed by atoms with van der Waals surface area (Å²) in [5.74, 6) is 3.34. The maximum atomic E-state index is 15.4. The van der Waals surface area contributed by atoms with Gasteiger partial charge in [-0.3, -0.25) is 0 Å². The molecular formula is C98H92F4N2O3. The molecule has 3 aromatic rings. The minimum absolute atomic E-state index is 0.0191. The molecule has 1 saturated carbocycles. The monoisotopic (exact) mass is 1420 g/mol. The predicted molar refractivity (Wildman–Crippen MR) is 423 cm³/mol. The lowest BCUT2D eigenvalue weighted by atomic mass is 9.58. The van der Waals surface area contributed by atoms with Gasteiger partial charge in [-0.2, -0.15) is 0 Å². The number of nitrogens with zero attached hydrogens (tertiary/aromatic N) is 2. The van der Waals surface area contributed by atoms with Crippen LogP contribution < -0.4 is 20.1 Å². The number of hydrogen-bond acceptors (Lipinski definition) is 5. The van der Waals surface area contributed by atoms with Crippen LogP contribution >= 0.6 is 0 Å². The van der Waals surface area contributed by atoms with Gasteiger partial charge >= 0.3 is 0 Å². The van der Waals surface area contributed by atoms with E-state index >= 15 is 17.6 Å². The van der Waals surface area contributed by atoms with Crippen LogP contribution in [0.25, 0.3) is 18.2 Å². The van der Waals surface area contributed by atoms with Crippen molar-refractivity contribution in [3.8, 4) is 5.75 Å². The van der Waals surface area contributed by atoms with Crippen molar-refractivity contribution in [3.05, 3.63) is 361 Å². The minimum atomic E-state index is -1.05. The molecule has 14 atom stereocenters. The van der Waals surface area contributed by atoms with Gasteiger partial charge in [0.15, 0.2) is 0 Å². The van der Waals surface area contributed by atoms with Crippen LogP contribution in [0.1, 0.15) is 137 Å². The van der Waals surface area contributed by atoms with Crippen molar-refractivity contribution in [2.24, 2.45) is 40.9 Å². The lowest BCUT2D eigenvalue weighted by Crippen LogP contribution is -2.42. The smallest absolute Gasteiger partial charge is 0.128 e. The summed E-state index contributed by atoms with van der Waals surface area (Å²) in [4.78, 5) is 4.91. The summed E-state index contributed by atoms with van der Waals surface area (Å²) < 4.78 is 81.7. The molecule has 0 radical (unpaired) electrons. The molecule has 107 heavy (non-hydrogen) atoms. The number of aryl methyl sites for hydroxylation is 1. The van der Waals surface area contributed by atoms with E-state index < -0.39 is 17.0 Å². The van der Waals surface area contributed by atoms with E-state index in [2.05, 4.69) is 211 Å². The van der Waals surface area contributed by atoms with Gasteiger partial charge < -0.3 is 24.0 Å². The molecule has 1 fully saturated rings. The highest BCUT2D eigenvalue weighted by Gasteiger charge is 2.62. The first kappa shape index (κ1) is 67.9. The summed E-state index contributed by atoms with van der Waals surface area (Å²) >= 11 is 0. The van der Waals surface area contributed by atoms with E-state index in [4.69, 9.17) is 14.2 Å². The quantitative estimate of drug-likeness (QED) is 0.105. The van der Waals surface area contributed by atoms with Crippen LogP contribution in [0, 0.1) is 46.7 Å². The van der Waals surface area contributed by atoms with E-state index in [1.807, 2.05) is 24.3 Å². The molecule has 1 aliphatic heterocycles. The molecule has 9 heteroatoms. The lowest BCUT2D eigenvalue weighted by Gasteiger charge is -2.46. The number of alkyl halides is 1. The predicted octanol–water partition coefficient (Wildman–Crippen LogP) is 22.2. The van der Waals surface area contributed by atoms with E-state index in [1.165, 1.54) is 55.8 Å². The Morgan fingerprint density at radius 2 is 1.40 bits per heavy atom. The second-order valence-corrected chi connectivity index (χ2v) is 32.1. The summed E-state index contributed by atoms with van der Waals surface area (Å²) in [5, 5.41) is 2.22. The van der Waals surface area contributed by atoms with Crippen molar-refractivity contribution in [2.45, 2.75) is 157 Å². The average molecular weight is 1420 g/mol. The van der Waals surface area contributed by atoms with Gasteiger partial charge in [0.05, 0.1) is 18.2 Å². The number of rotatable bonds is 16. The molecule has 0 saturated heterocycles. The Balaban J connectivity index is 0.659. The van der Waals surface area contributed by atoms with Crippen LogP contribution in [0.2, 0.25) is 0 Å². The third kappa shape index (κ3) is 11.9. The standard InChI is InChI=1S/C98H92F4N2O3/c1-3-61-13-43-81(44-14-61)105-83-47-23-69(24-48-83)97(67-19-27-71(99)28-20-67)91-11-7-5-9-85(91)87-51-41-79(59-93(87)97)103(75-37-31-73(101)32-38-75)77-35-17-63-57-95-89(55-65(63)53-77)90-56-66-54-78(36-18-64(66)58-96(90)107-95)104(76-39-33-74(102)34-40-76)80-42-52-88-86-10-6-8-12-92(86)98(94(88)60-80,68-21-29-72(100)30-22-68)70-25-49-84(50-26-70)106-82-45-15-62(4-2)16-46-82/h3-7,9-11,13,15,18-19,21-25,27,29-31,33,36-39,41-42,45,47,49,51-58,60,73,79,81,83,85-86,88,90-92,94,96H,1-2,8,12,14,16-17,20,26,28,32,34-35,40,43-44,46,48,50,59H2. The highest BCUT2D eigenvalue weighted by Crippen LogP contribution is 2.67. The van der Waals surface area contributed by atoms with Crippen LogP contribution in [0.4, 0.5) is 23.2 Å². The fourth-order valence-corrected chi connectivity index (χ4v) is 21.7. The Morgan fingerprint density at radius 3 is 2.16 bits per heavy atom. The molecule has 16 aliphatic rings. The zero-order valence-electron chi connectivity index (χ0n) is 60.8. The van der Waals surface area contributed by atoms with Gasteiger partial charge in [-0.1, -0.05) is 176 Å². The number of benzene rings is 3. The molecule has 5 nitrogen and oxygen atoms in total. The van der Waals surface area contributed by atoms with Gasteiger partial charge in [-0.15, -0.1) is 0 Å². The largest absolute Gasteiger partial charge is 0.485 e. The molecule has 1 heterocycles. The van der Waals surface area contributed by atoms with Gasteiger partial charge in [0, 0.05) is 94.7 Å². The first-order chi connectivity index (χ1) is 52.5. The molecule has 0 spiro atoms. The Morgan fingerprint density at radius 1 is 0.589 bits per heavy atom. The third-order valence-corrected chi connectivity index (χ3v) is 26.6. The summed E-state index contributed by atoms with van der Waals surface area (Å²) in [6.45, 7) is 7.99. The van der Waals surface area contributed by atoms with E-state index in [0.29, 0.717) is 32.1 Å². The molecule has 0 amide bonds. The second kappa shape index (κ2) is 27.8. The normalized spacial score (nSPS) is 32.3. The Kier molecular flexibility index (Phi) is 17.6. The van der Waals surface area contributed by atoms with Crippen LogP contribution in [0.3, 0.4) is 0 Å². The number of fused-ring (bicyclic) bond motifs is 10. The van der Waals surface area contributed by atoms with Crippen molar-refractivity contribution in [2.75, 3.05) is 4.90 Å². The van der Waals surface area contributed by atoms with Crippen molar-refractivity contribution < 1.29 is 31.8 Å². The molecule has 0 aromatic heterocycles. The van der Waals surface area contributed by atoms with Crippen LogP contribution in [-0.2, 0) is 21.3 Å². The highest BCUT2D eigenvalue weighted by atomic mass is 19.1. The number of anilines is 1. The van der Waals surface area contributed by atoms with Crippen molar-refractivity contribution in [1.29, 1.82) is 0 Å². The fourth-order valence-electron chi connectivity index (χ4n) is 21.7. The second-order valence-electron chi connectivity index (χ2n) is 32.1. The molecule has 3 aromatic carbocycles. The SMILES string of the molecule is C=CC1=CC=C(OC2=CC=C(C3(c4ccc(F)cc4)C4C=C(N(C5=CC=C(F)CC5)c5ccc6c(c5)=CC5c7cc8c(cc7OC5C=6)CCC(N(C5=CCC(F)C=C5)C5C=CC6=C(C5)C(C5=CCC(OC7CC=C(C=C)CC7)C=C5)(C5=CC=C(F)CC5)C5C=CC=CC65)=C8)C=CC4C4C=CCCC43)CC2)CC1. The molecule has 14 unspecified atom stereocenters. The molecule has 19 rings (SSSR count). The van der Waals surface area contributed by atoms with Gasteiger partial charge in [0.2, 0.25) is 0 Å². The number of ether oxygens (including phenoxy) is 3. The zero-order valence-corrected chi connectivity index (χ0v) is 60.8. The lowest BCUT2D eigenvalue weighted by molar-refractivity contribution is 0.00893. The summed E-state index contributed by atoms with van der Waals surface area (Å²) in [7, 11) is 0. The topological polar surface area (TPSA) is 34.2 Å². The first-order valence-electron chi connectivity index (χ1n) is 39.6. The van der Waals surface area contributed by atoms with E-state index in [9.17, 15) is 0 Å². The van der Waals surface area contributed by atoms with E-state index in [1.54, 1.807) is 30.4 Å². The first-order valence-corrected chi connectivity index (χ1v) is 39.6. The van der Waals surface area contributed by atoms with Crippen LogP contribution in [-0.4, -0.2) is 35.4 Å². The van der Waals surface area contributed by atoms with E-state index in [-0.39, 0.29) is 83.3 Å². The van der Waals surface area contributed by atoms with Crippen LogP contribution in [0.5, 0.6) is 5.75 Å². The third-order valence-electron chi connectivity index (χ3n) is 26.6. The van der Waals surface area contributed by atoms with Gasteiger partial charge in [0.25, 0.3) is 0 Å². The Hall–Kier alpha value is -9.70. The van der Waals surface area contributed by atoms with E-state index in [0.717, 1.165) is 145 Å². The molecule has 540 valence electrons. The van der Waals surface area contributed by atoms with Gasteiger partial charge in [0.1, 0.15) is 47.0 Å². The Bertz CT molecular complexity index is 5120. The number of hydrogen-bond donors (Lipinski definition) is 0. The summed E-state index contributed by atoms with van der Waals surface area (Å²) in [6, 6.07) is 18.8. The molecular weight excluding hydrogens is 1330 g/mol. The highest BCUT2D eigenvalue weighted by molar-refractivity contribution is 5.71. The minimum Gasteiger partial charge on any atom is -0.485 e. The fraction of sp³-hybridized carbons (Fsp3) is 0.327. The Labute approximate surface area is 627 Å². The average Bonchev–Trinajstić information content (AvgIpc) is 1.55. The van der Waals surface area contributed by atoms with Gasteiger partial charge in [-0.25, -0.2) is 17.6 Å². The van der Waals surface area contributed by atoms with Crippen molar-refractivity contribution in [1.82, 2.24) is 4.90 Å². The van der Waals surface area contributed by atoms with Crippen LogP contribution in [0.15, 0.2) is 323 Å². The number of allylic oxidation sites excluding steroid dienone is 36. The van der Waals surface area contributed by atoms with Crippen molar-refractivity contribution in [3.63, 3.8) is 0 Å². The van der Waals surface area contributed by atoms with Crippen molar-refractivity contribution >= 4 is 23.9 Å². The number of halogens is 4. The summed E-state index contributed by atoms with van der Waals surface area (Å²) in [6.07, 6.45) is 80.9. The maximum Gasteiger partial charge on any atom is 0.128 e. The van der Waals surface area contributed by atoms with Gasteiger partial charge in [-0.05, 0) is 254 Å². The molecule has 15 aliphatic carbocycles. The zero-order chi connectivity index (χ0) is 72.1. The molecule has 0 N–H and O–H groups in total. The maximum absolute atomic E-state index is 15.4.